The second-order valence-corrected chi connectivity index (χ2v) is 6.44. The number of methoxy groups -OCH3 is 2. The minimum atomic E-state index is -0.332. The summed E-state index contributed by atoms with van der Waals surface area (Å²) in [6.45, 7) is 8.35. The van der Waals surface area contributed by atoms with Crippen LogP contribution in [0, 0.1) is 10.1 Å². The number of rotatable bonds is 6. The molecule has 0 amide bonds. The minimum Gasteiger partial charge on any atom is -0.493 e. The molecule has 1 aromatic carbocycles. The fourth-order valence-electron chi connectivity index (χ4n) is 3.88. The van der Waals surface area contributed by atoms with E-state index in [0.717, 1.165) is 24.2 Å². The molecule has 6 nitrogen and oxygen atoms in total. The lowest BCUT2D eigenvalue weighted by molar-refractivity contribution is -0.385. The number of ether oxygens (including phenoxy) is 2. The first-order valence-electron chi connectivity index (χ1n) is 8.85. The first-order valence-corrected chi connectivity index (χ1v) is 8.85. The van der Waals surface area contributed by atoms with Crippen molar-refractivity contribution in [3.8, 4) is 11.5 Å². The second kappa shape index (κ2) is 7.81. The van der Waals surface area contributed by atoms with Crippen LogP contribution in [0.3, 0.4) is 0 Å². The summed E-state index contributed by atoms with van der Waals surface area (Å²) in [5.41, 5.74) is 5.42. The normalized spacial score (nSPS) is 15.6. The van der Waals surface area contributed by atoms with Gasteiger partial charge in [0.2, 0.25) is 0 Å². The fourth-order valence-corrected chi connectivity index (χ4v) is 3.88. The third-order valence-electron chi connectivity index (χ3n) is 5.43. The van der Waals surface area contributed by atoms with Crippen molar-refractivity contribution < 1.29 is 14.4 Å². The summed E-state index contributed by atoms with van der Waals surface area (Å²) in [4.78, 5) is 13.7. The molecule has 0 atom stereocenters. The van der Waals surface area contributed by atoms with Crippen LogP contribution in [0.1, 0.15) is 52.0 Å². The summed E-state index contributed by atoms with van der Waals surface area (Å²) in [6.07, 6.45) is 1.65. The lowest BCUT2D eigenvalue weighted by atomic mass is 9.77. The van der Waals surface area contributed by atoms with Crippen LogP contribution in [0.15, 0.2) is 34.7 Å². The Morgan fingerprint density at radius 1 is 1.04 bits per heavy atom. The molecule has 0 N–H and O–H groups in total. The summed E-state index contributed by atoms with van der Waals surface area (Å²) >= 11 is 0. The van der Waals surface area contributed by atoms with Crippen LogP contribution in [-0.2, 0) is 0 Å². The standard InChI is InChI=1S/C20H28N2O4/c1-8-14-12(3)21(5)13(4)15(9-2)20(14)16-10-18(25-6)19(26-7)11-17(16)22(23)24/h10-11,20H,8-9H2,1-7H3. The molecule has 0 spiro atoms. The highest BCUT2D eigenvalue weighted by molar-refractivity contribution is 5.60. The van der Waals surface area contributed by atoms with Crippen LogP contribution >= 0.6 is 0 Å². The molecule has 0 bridgehead atoms. The maximum absolute atomic E-state index is 11.8. The maximum Gasteiger partial charge on any atom is 0.277 e. The van der Waals surface area contributed by atoms with E-state index in [2.05, 4.69) is 39.6 Å². The van der Waals surface area contributed by atoms with E-state index in [0.29, 0.717) is 17.1 Å². The van der Waals surface area contributed by atoms with E-state index in [4.69, 9.17) is 9.47 Å². The molecular formula is C20H28N2O4. The molecule has 0 saturated carbocycles. The van der Waals surface area contributed by atoms with Crippen LogP contribution in [0.2, 0.25) is 0 Å². The molecule has 6 heteroatoms. The fraction of sp³-hybridized carbons (Fsp3) is 0.500. The summed E-state index contributed by atoms with van der Waals surface area (Å²) in [5.74, 6) is 0.753. The van der Waals surface area contributed by atoms with Gasteiger partial charge in [-0.2, -0.15) is 0 Å². The predicted octanol–water partition coefficient (Wildman–Crippen LogP) is 5.01. The van der Waals surface area contributed by atoms with E-state index in [1.54, 1.807) is 13.2 Å². The van der Waals surface area contributed by atoms with Gasteiger partial charge in [0.25, 0.3) is 5.69 Å². The summed E-state index contributed by atoms with van der Waals surface area (Å²) in [6, 6.07) is 3.23. The van der Waals surface area contributed by atoms with Crippen molar-refractivity contribution in [3.63, 3.8) is 0 Å². The van der Waals surface area contributed by atoms with Gasteiger partial charge in [-0.05, 0) is 43.9 Å². The van der Waals surface area contributed by atoms with Crippen molar-refractivity contribution in [2.24, 2.45) is 0 Å². The first-order chi connectivity index (χ1) is 12.3. The number of allylic oxidation sites excluding steroid dienone is 4. The van der Waals surface area contributed by atoms with Gasteiger partial charge in [0.05, 0.1) is 25.2 Å². The molecule has 0 aliphatic carbocycles. The number of hydrogen-bond acceptors (Lipinski definition) is 5. The number of benzene rings is 1. The Balaban J connectivity index is 2.83. The third-order valence-corrected chi connectivity index (χ3v) is 5.43. The molecule has 1 aliphatic heterocycles. The molecule has 1 aliphatic rings. The molecule has 26 heavy (non-hydrogen) atoms. The lowest BCUT2D eigenvalue weighted by Crippen LogP contribution is -2.26. The Labute approximate surface area is 155 Å². The number of nitrogens with zero attached hydrogens (tertiary/aromatic N) is 2. The summed E-state index contributed by atoms with van der Waals surface area (Å²) in [5, 5.41) is 11.8. The van der Waals surface area contributed by atoms with Gasteiger partial charge in [-0.15, -0.1) is 0 Å². The monoisotopic (exact) mass is 360 g/mol. The van der Waals surface area contributed by atoms with Gasteiger partial charge >= 0.3 is 0 Å². The van der Waals surface area contributed by atoms with Crippen LogP contribution < -0.4 is 9.47 Å². The van der Waals surface area contributed by atoms with Crippen molar-refractivity contribution in [1.29, 1.82) is 0 Å². The second-order valence-electron chi connectivity index (χ2n) is 6.44. The molecule has 0 fully saturated rings. The predicted molar refractivity (Wildman–Crippen MR) is 103 cm³/mol. The molecule has 2 rings (SSSR count). The van der Waals surface area contributed by atoms with Gasteiger partial charge in [-0.25, -0.2) is 0 Å². The number of hydrogen-bond donors (Lipinski definition) is 0. The van der Waals surface area contributed by atoms with Crippen LogP contribution in [-0.4, -0.2) is 31.1 Å². The van der Waals surface area contributed by atoms with E-state index >= 15 is 0 Å². The van der Waals surface area contributed by atoms with Crippen LogP contribution in [0.5, 0.6) is 11.5 Å². The molecule has 0 aromatic heterocycles. The van der Waals surface area contributed by atoms with Gasteiger partial charge in [-0.3, -0.25) is 10.1 Å². The Hall–Kier alpha value is -2.50. The molecule has 0 saturated heterocycles. The van der Waals surface area contributed by atoms with Crippen molar-refractivity contribution in [2.75, 3.05) is 21.3 Å². The van der Waals surface area contributed by atoms with Crippen molar-refractivity contribution in [3.05, 3.63) is 50.4 Å². The van der Waals surface area contributed by atoms with Gasteiger partial charge in [0.15, 0.2) is 11.5 Å². The molecule has 0 unspecified atom stereocenters. The zero-order valence-corrected chi connectivity index (χ0v) is 16.7. The van der Waals surface area contributed by atoms with Gasteiger partial charge in [0, 0.05) is 29.9 Å². The van der Waals surface area contributed by atoms with Crippen LogP contribution in [0.25, 0.3) is 0 Å². The Kier molecular flexibility index (Phi) is 5.95. The van der Waals surface area contributed by atoms with Crippen LogP contribution in [0.4, 0.5) is 5.69 Å². The summed E-state index contributed by atoms with van der Waals surface area (Å²) < 4.78 is 10.7. The van der Waals surface area contributed by atoms with E-state index in [1.807, 2.05) is 0 Å². The van der Waals surface area contributed by atoms with Gasteiger partial charge < -0.3 is 14.4 Å². The SMILES string of the molecule is CCC1=C(C)N(C)C(C)=C(CC)C1c1cc(OC)c(OC)cc1[N+](=O)[O-]. The highest BCUT2D eigenvalue weighted by Gasteiger charge is 2.34. The highest BCUT2D eigenvalue weighted by atomic mass is 16.6. The Morgan fingerprint density at radius 3 is 1.88 bits per heavy atom. The quantitative estimate of drug-likeness (QED) is 0.527. The molecule has 1 aromatic rings. The maximum atomic E-state index is 11.8. The average molecular weight is 360 g/mol. The zero-order valence-electron chi connectivity index (χ0n) is 16.7. The third kappa shape index (κ3) is 3.16. The Morgan fingerprint density at radius 2 is 1.50 bits per heavy atom. The van der Waals surface area contributed by atoms with E-state index in [-0.39, 0.29) is 16.5 Å². The van der Waals surface area contributed by atoms with Crippen molar-refractivity contribution in [1.82, 2.24) is 4.90 Å². The molecule has 1 heterocycles. The average Bonchev–Trinajstić information content (AvgIpc) is 2.64. The van der Waals surface area contributed by atoms with Gasteiger partial charge in [-0.1, -0.05) is 13.8 Å². The molecular weight excluding hydrogens is 332 g/mol. The first kappa shape index (κ1) is 19.8. The lowest BCUT2D eigenvalue weighted by Gasteiger charge is -2.37. The smallest absolute Gasteiger partial charge is 0.277 e. The van der Waals surface area contributed by atoms with E-state index in [9.17, 15) is 10.1 Å². The number of nitro benzene ring substituents is 1. The topological polar surface area (TPSA) is 64.8 Å². The Bertz CT molecular complexity index is 752. The number of nitro groups is 1. The molecule has 0 radical (unpaired) electrons. The van der Waals surface area contributed by atoms with E-state index < -0.39 is 0 Å². The largest absolute Gasteiger partial charge is 0.493 e. The van der Waals surface area contributed by atoms with Gasteiger partial charge in [0.1, 0.15) is 0 Å². The van der Waals surface area contributed by atoms with E-state index in [1.165, 1.54) is 24.3 Å². The molecule has 142 valence electrons. The zero-order chi connectivity index (χ0) is 19.6. The minimum absolute atomic E-state index is 0.0645. The summed E-state index contributed by atoms with van der Waals surface area (Å²) in [7, 11) is 5.08. The van der Waals surface area contributed by atoms with Crippen molar-refractivity contribution in [2.45, 2.75) is 46.5 Å². The highest BCUT2D eigenvalue weighted by Crippen LogP contribution is 2.48. The van der Waals surface area contributed by atoms with Crippen molar-refractivity contribution >= 4 is 5.69 Å².